The lowest BCUT2D eigenvalue weighted by Gasteiger charge is -2.31. The third kappa shape index (κ3) is 3.76. The van der Waals surface area contributed by atoms with Crippen LogP contribution < -0.4 is 5.32 Å². The first-order valence-corrected chi connectivity index (χ1v) is 8.81. The number of nitrogens with one attached hydrogen (secondary N) is 1. The monoisotopic (exact) mass is 346 g/mol. The van der Waals surface area contributed by atoms with Gasteiger partial charge in [0.1, 0.15) is 0 Å². The van der Waals surface area contributed by atoms with Gasteiger partial charge in [-0.2, -0.15) is 16.7 Å². The molecule has 7 nitrogen and oxygen atoms in total. The van der Waals surface area contributed by atoms with Crippen LogP contribution in [0.25, 0.3) is 11.4 Å². The zero-order valence-electron chi connectivity index (χ0n) is 13.3. The van der Waals surface area contributed by atoms with Gasteiger partial charge in [-0.05, 0) is 18.6 Å². The van der Waals surface area contributed by atoms with Gasteiger partial charge in [-0.3, -0.25) is 9.59 Å². The van der Waals surface area contributed by atoms with E-state index in [1.54, 1.807) is 29.2 Å². The normalized spacial score (nSPS) is 17.5. The molecule has 0 aliphatic carbocycles. The Morgan fingerprint density at radius 1 is 1.46 bits per heavy atom. The third-order valence-corrected chi connectivity index (χ3v) is 5.19. The summed E-state index contributed by atoms with van der Waals surface area (Å²) in [5.74, 6) is 0.183. The van der Waals surface area contributed by atoms with Gasteiger partial charge in [0.15, 0.2) is 0 Å². The number of thioether (sulfide) groups is 1. The molecule has 8 heteroatoms. The summed E-state index contributed by atoms with van der Waals surface area (Å²) >= 11 is 1.85. The fourth-order valence-corrected chi connectivity index (χ4v) is 3.69. The lowest BCUT2D eigenvalue weighted by Crippen LogP contribution is -2.46. The number of hydrogen-bond acceptors (Lipinski definition) is 6. The van der Waals surface area contributed by atoms with E-state index in [4.69, 9.17) is 4.52 Å². The zero-order chi connectivity index (χ0) is 16.9. The summed E-state index contributed by atoms with van der Waals surface area (Å²) in [5, 5.41) is 6.81. The molecule has 1 fully saturated rings. The van der Waals surface area contributed by atoms with E-state index in [-0.39, 0.29) is 0 Å². The highest BCUT2D eigenvalue weighted by molar-refractivity contribution is 8.00. The quantitative estimate of drug-likeness (QED) is 0.856. The standard InChI is InChI=1S/C16H18N4O3S/c1-2-13-9-20(6-7-24-13)16(22)15(21)18-12-5-3-4-11(8-12)14-17-10-23-19-14/h3-5,8,10,13H,2,6-7,9H2,1H3,(H,18,21). The van der Waals surface area contributed by atoms with Crippen molar-refractivity contribution in [2.75, 3.05) is 24.2 Å². The average Bonchev–Trinajstić information content (AvgIpc) is 3.16. The fourth-order valence-electron chi connectivity index (χ4n) is 2.51. The summed E-state index contributed by atoms with van der Waals surface area (Å²) in [4.78, 5) is 30.2. The van der Waals surface area contributed by atoms with E-state index in [1.807, 2.05) is 11.8 Å². The van der Waals surface area contributed by atoms with Gasteiger partial charge >= 0.3 is 11.8 Å². The molecule has 0 bridgehead atoms. The molecule has 1 atom stereocenters. The van der Waals surface area contributed by atoms with Crippen molar-refractivity contribution in [3.05, 3.63) is 30.7 Å². The number of hydrogen-bond donors (Lipinski definition) is 1. The molecule has 2 heterocycles. The molecule has 1 saturated heterocycles. The number of amides is 2. The predicted molar refractivity (Wildman–Crippen MR) is 91.5 cm³/mol. The summed E-state index contributed by atoms with van der Waals surface area (Å²) in [6.07, 6.45) is 2.23. The van der Waals surface area contributed by atoms with Gasteiger partial charge in [0, 0.05) is 35.3 Å². The largest absolute Gasteiger partial charge is 0.342 e. The summed E-state index contributed by atoms with van der Waals surface area (Å²) in [7, 11) is 0. The number of rotatable bonds is 3. The number of carbonyl (C=O) groups excluding carboxylic acids is 2. The molecular weight excluding hydrogens is 328 g/mol. The van der Waals surface area contributed by atoms with Crippen molar-refractivity contribution in [2.24, 2.45) is 0 Å². The van der Waals surface area contributed by atoms with Gasteiger partial charge in [-0.1, -0.05) is 24.2 Å². The van der Waals surface area contributed by atoms with Crippen molar-refractivity contribution in [1.29, 1.82) is 0 Å². The number of aromatic nitrogens is 2. The molecule has 0 radical (unpaired) electrons. The molecule has 126 valence electrons. The highest BCUT2D eigenvalue weighted by Gasteiger charge is 2.27. The van der Waals surface area contributed by atoms with Crippen LogP contribution >= 0.6 is 11.8 Å². The second kappa shape index (κ2) is 7.48. The molecule has 2 aromatic rings. The highest BCUT2D eigenvalue weighted by atomic mass is 32.2. The van der Waals surface area contributed by atoms with Crippen LogP contribution in [-0.2, 0) is 9.59 Å². The van der Waals surface area contributed by atoms with Gasteiger partial charge < -0.3 is 14.7 Å². The molecule has 3 rings (SSSR count). The van der Waals surface area contributed by atoms with E-state index >= 15 is 0 Å². The van der Waals surface area contributed by atoms with Gasteiger partial charge in [0.2, 0.25) is 12.2 Å². The third-order valence-electron chi connectivity index (χ3n) is 3.82. The Kier molecular flexibility index (Phi) is 5.14. The maximum atomic E-state index is 12.3. The summed E-state index contributed by atoms with van der Waals surface area (Å²) in [6.45, 7) is 3.32. The van der Waals surface area contributed by atoms with Gasteiger partial charge in [-0.25, -0.2) is 0 Å². The topological polar surface area (TPSA) is 88.3 Å². The molecule has 24 heavy (non-hydrogen) atoms. The number of carbonyl (C=O) groups is 2. The Bertz CT molecular complexity index is 720. The molecule has 2 amide bonds. The van der Waals surface area contributed by atoms with Crippen LogP contribution in [0.1, 0.15) is 13.3 Å². The van der Waals surface area contributed by atoms with E-state index in [2.05, 4.69) is 22.4 Å². The lowest BCUT2D eigenvalue weighted by molar-refractivity contribution is -0.143. The molecule has 0 spiro atoms. The minimum Gasteiger partial charge on any atom is -0.342 e. The molecular formula is C16H18N4O3S. The number of nitrogens with zero attached hydrogens (tertiary/aromatic N) is 3. The van der Waals surface area contributed by atoms with Crippen LogP contribution in [0.4, 0.5) is 5.69 Å². The van der Waals surface area contributed by atoms with Crippen molar-refractivity contribution in [2.45, 2.75) is 18.6 Å². The Hall–Kier alpha value is -2.35. The summed E-state index contributed by atoms with van der Waals surface area (Å²) in [5.41, 5.74) is 1.23. The van der Waals surface area contributed by atoms with Gasteiger partial charge in [-0.15, -0.1) is 0 Å². The van der Waals surface area contributed by atoms with E-state index in [0.717, 1.165) is 12.2 Å². The molecule has 1 unspecified atom stereocenters. The average molecular weight is 346 g/mol. The fraction of sp³-hybridized carbons (Fsp3) is 0.375. The maximum Gasteiger partial charge on any atom is 0.313 e. The Labute approximate surface area is 143 Å². The first-order valence-electron chi connectivity index (χ1n) is 7.76. The number of benzene rings is 1. The molecule has 1 aliphatic rings. The molecule has 1 aromatic carbocycles. The first-order chi connectivity index (χ1) is 11.7. The van der Waals surface area contributed by atoms with E-state index in [1.165, 1.54) is 6.39 Å². The first kappa shape index (κ1) is 16.5. The second-order valence-corrected chi connectivity index (χ2v) is 6.85. The van der Waals surface area contributed by atoms with Crippen LogP contribution in [0.15, 0.2) is 35.2 Å². The maximum absolute atomic E-state index is 12.3. The van der Waals surface area contributed by atoms with Crippen LogP contribution in [0, 0.1) is 0 Å². The minimum absolute atomic E-state index is 0.400. The second-order valence-electron chi connectivity index (χ2n) is 5.44. The van der Waals surface area contributed by atoms with Crippen molar-refractivity contribution < 1.29 is 14.1 Å². The molecule has 1 aliphatic heterocycles. The van der Waals surface area contributed by atoms with E-state index < -0.39 is 11.8 Å². The van der Waals surface area contributed by atoms with Crippen molar-refractivity contribution >= 4 is 29.3 Å². The summed E-state index contributed by atoms with van der Waals surface area (Å²) in [6, 6.07) is 6.99. The molecule has 0 saturated carbocycles. The molecule has 1 N–H and O–H groups in total. The van der Waals surface area contributed by atoms with Gasteiger partial charge in [0.05, 0.1) is 0 Å². The minimum atomic E-state index is -0.623. The SMILES string of the molecule is CCC1CN(C(=O)C(=O)Nc2cccc(-c3ncon3)c2)CCS1. The Balaban J connectivity index is 1.66. The number of anilines is 1. The lowest BCUT2D eigenvalue weighted by atomic mass is 10.2. The van der Waals surface area contributed by atoms with Crippen LogP contribution in [0.5, 0.6) is 0 Å². The zero-order valence-corrected chi connectivity index (χ0v) is 14.1. The Morgan fingerprint density at radius 2 is 2.33 bits per heavy atom. The smallest absolute Gasteiger partial charge is 0.313 e. The van der Waals surface area contributed by atoms with Crippen molar-refractivity contribution in [3.63, 3.8) is 0 Å². The van der Waals surface area contributed by atoms with Crippen molar-refractivity contribution in [3.8, 4) is 11.4 Å². The predicted octanol–water partition coefficient (Wildman–Crippen LogP) is 2.03. The van der Waals surface area contributed by atoms with Crippen molar-refractivity contribution in [1.82, 2.24) is 15.0 Å². The Morgan fingerprint density at radius 3 is 3.08 bits per heavy atom. The van der Waals surface area contributed by atoms with Crippen LogP contribution in [0.3, 0.4) is 0 Å². The van der Waals surface area contributed by atoms with E-state index in [9.17, 15) is 9.59 Å². The van der Waals surface area contributed by atoms with Crippen LogP contribution in [0.2, 0.25) is 0 Å². The molecule has 1 aromatic heterocycles. The highest BCUT2D eigenvalue weighted by Crippen LogP contribution is 2.22. The van der Waals surface area contributed by atoms with Crippen LogP contribution in [-0.4, -0.2) is 50.9 Å². The van der Waals surface area contributed by atoms with E-state index in [0.29, 0.717) is 35.4 Å². The van der Waals surface area contributed by atoms with Gasteiger partial charge in [0.25, 0.3) is 0 Å². The summed E-state index contributed by atoms with van der Waals surface area (Å²) < 4.78 is 4.72.